The van der Waals surface area contributed by atoms with Crippen molar-refractivity contribution in [3.8, 4) is 5.69 Å². The lowest BCUT2D eigenvalue weighted by Gasteiger charge is -2.24. The molecule has 2 aromatic rings. The van der Waals surface area contributed by atoms with E-state index in [2.05, 4.69) is 27.9 Å². The van der Waals surface area contributed by atoms with Crippen molar-refractivity contribution in [1.29, 1.82) is 0 Å². The largest absolute Gasteiger partial charge is 0.360 e. The minimum absolute atomic E-state index is 0.537. The highest BCUT2D eigenvalue weighted by molar-refractivity contribution is 7.80. The Hall–Kier alpha value is -1.88. The smallest absolute Gasteiger partial charge is 0.166 e. The predicted octanol–water partition coefficient (Wildman–Crippen LogP) is 3.17. The van der Waals surface area contributed by atoms with Gasteiger partial charge in [0.15, 0.2) is 5.11 Å². The normalized spacial score (nSPS) is 15.5. The second kappa shape index (κ2) is 7.40. The third kappa shape index (κ3) is 3.85. The highest BCUT2D eigenvalue weighted by Gasteiger charge is 2.14. The number of rotatable bonds is 4. The van der Waals surface area contributed by atoms with Crippen molar-refractivity contribution in [3.05, 3.63) is 48.3 Å². The molecule has 4 nitrogen and oxygen atoms in total. The van der Waals surface area contributed by atoms with Crippen LogP contribution in [0.3, 0.4) is 0 Å². The molecule has 1 saturated carbocycles. The predicted molar refractivity (Wildman–Crippen MR) is 93.0 cm³/mol. The van der Waals surface area contributed by atoms with Gasteiger partial charge in [-0.05, 0) is 42.8 Å². The van der Waals surface area contributed by atoms with Gasteiger partial charge in [-0.1, -0.05) is 37.5 Å². The Balaban J connectivity index is 1.58. The van der Waals surface area contributed by atoms with Crippen molar-refractivity contribution in [2.24, 2.45) is 0 Å². The van der Waals surface area contributed by atoms with E-state index in [0.717, 1.165) is 10.8 Å². The molecule has 3 rings (SSSR count). The van der Waals surface area contributed by atoms with Crippen LogP contribution in [0.2, 0.25) is 0 Å². The molecule has 22 heavy (non-hydrogen) atoms. The summed E-state index contributed by atoms with van der Waals surface area (Å²) in [6.45, 7) is 0.703. The number of nitrogens with one attached hydrogen (secondary N) is 2. The minimum Gasteiger partial charge on any atom is -0.360 e. The number of para-hydroxylation sites is 1. The van der Waals surface area contributed by atoms with E-state index in [1.54, 1.807) is 6.20 Å². The zero-order chi connectivity index (χ0) is 15.2. The van der Waals surface area contributed by atoms with Crippen molar-refractivity contribution in [3.63, 3.8) is 0 Å². The standard InChI is InChI=1S/C17H22N4S/c22-17(20-15-8-2-1-3-9-15)18-13-14-7-4-5-10-16(14)21-12-6-11-19-21/h4-7,10-12,15H,1-3,8-9,13H2,(H2,18,20,22). The van der Waals surface area contributed by atoms with E-state index in [1.807, 2.05) is 29.1 Å². The van der Waals surface area contributed by atoms with Gasteiger partial charge in [0.1, 0.15) is 0 Å². The van der Waals surface area contributed by atoms with Crippen LogP contribution in [0.25, 0.3) is 5.69 Å². The molecule has 0 spiro atoms. The molecule has 1 heterocycles. The summed E-state index contributed by atoms with van der Waals surface area (Å²) in [6.07, 6.45) is 10.2. The summed E-state index contributed by atoms with van der Waals surface area (Å²) in [7, 11) is 0. The zero-order valence-electron chi connectivity index (χ0n) is 12.7. The van der Waals surface area contributed by atoms with Gasteiger partial charge in [-0.25, -0.2) is 4.68 Å². The lowest BCUT2D eigenvalue weighted by atomic mass is 9.96. The van der Waals surface area contributed by atoms with Gasteiger partial charge in [0, 0.05) is 25.0 Å². The monoisotopic (exact) mass is 314 g/mol. The van der Waals surface area contributed by atoms with Gasteiger partial charge >= 0.3 is 0 Å². The number of hydrogen-bond donors (Lipinski definition) is 2. The Morgan fingerprint density at radius 1 is 1.18 bits per heavy atom. The lowest BCUT2D eigenvalue weighted by molar-refractivity contribution is 0.412. The first-order valence-corrected chi connectivity index (χ1v) is 8.36. The van der Waals surface area contributed by atoms with Crippen LogP contribution in [-0.2, 0) is 6.54 Å². The molecule has 1 aliphatic carbocycles. The molecular weight excluding hydrogens is 292 g/mol. The molecule has 1 aliphatic rings. The molecular formula is C17H22N4S. The van der Waals surface area contributed by atoms with Crippen LogP contribution in [0.15, 0.2) is 42.7 Å². The van der Waals surface area contributed by atoms with Gasteiger partial charge in [0.25, 0.3) is 0 Å². The summed E-state index contributed by atoms with van der Waals surface area (Å²) in [5, 5.41) is 11.8. The summed E-state index contributed by atoms with van der Waals surface area (Å²) in [5.74, 6) is 0. The molecule has 2 N–H and O–H groups in total. The molecule has 0 bridgehead atoms. The van der Waals surface area contributed by atoms with Gasteiger partial charge < -0.3 is 10.6 Å². The molecule has 0 saturated heterocycles. The highest BCUT2D eigenvalue weighted by atomic mass is 32.1. The van der Waals surface area contributed by atoms with Crippen molar-refractivity contribution < 1.29 is 0 Å². The average molecular weight is 314 g/mol. The fraction of sp³-hybridized carbons (Fsp3) is 0.412. The SMILES string of the molecule is S=C(NCc1ccccc1-n1cccn1)NC1CCCCC1. The molecule has 0 aliphatic heterocycles. The van der Waals surface area contributed by atoms with Crippen LogP contribution in [0, 0.1) is 0 Å². The van der Waals surface area contributed by atoms with E-state index in [4.69, 9.17) is 12.2 Å². The zero-order valence-corrected chi connectivity index (χ0v) is 13.5. The van der Waals surface area contributed by atoms with Crippen LogP contribution >= 0.6 is 12.2 Å². The lowest BCUT2D eigenvalue weighted by Crippen LogP contribution is -2.42. The summed E-state index contributed by atoms with van der Waals surface area (Å²) in [5.41, 5.74) is 2.26. The second-order valence-electron chi connectivity index (χ2n) is 5.74. The Labute approximate surface area is 136 Å². The number of hydrogen-bond acceptors (Lipinski definition) is 2. The summed E-state index contributed by atoms with van der Waals surface area (Å²) < 4.78 is 1.88. The number of aromatic nitrogens is 2. The Kier molecular flexibility index (Phi) is 5.06. The van der Waals surface area contributed by atoms with E-state index in [0.29, 0.717) is 12.6 Å². The van der Waals surface area contributed by atoms with Gasteiger partial charge in [-0.2, -0.15) is 5.10 Å². The quantitative estimate of drug-likeness (QED) is 0.851. The Bertz CT molecular complexity index is 603. The fourth-order valence-electron chi connectivity index (χ4n) is 2.95. The van der Waals surface area contributed by atoms with Gasteiger partial charge in [0.2, 0.25) is 0 Å². The maximum absolute atomic E-state index is 5.43. The number of nitrogens with zero attached hydrogens (tertiary/aromatic N) is 2. The van der Waals surface area contributed by atoms with Crippen LogP contribution in [0.1, 0.15) is 37.7 Å². The summed E-state index contributed by atoms with van der Waals surface area (Å²) in [6, 6.07) is 10.7. The molecule has 5 heteroatoms. The maximum Gasteiger partial charge on any atom is 0.166 e. The van der Waals surface area contributed by atoms with Crippen molar-refractivity contribution in [2.75, 3.05) is 0 Å². The molecule has 0 amide bonds. The van der Waals surface area contributed by atoms with Crippen LogP contribution in [0.4, 0.5) is 0 Å². The molecule has 1 aromatic heterocycles. The first-order chi connectivity index (χ1) is 10.8. The summed E-state index contributed by atoms with van der Waals surface area (Å²) >= 11 is 5.43. The molecule has 0 radical (unpaired) electrons. The third-order valence-electron chi connectivity index (χ3n) is 4.12. The third-order valence-corrected chi connectivity index (χ3v) is 4.38. The van der Waals surface area contributed by atoms with Crippen LogP contribution in [-0.4, -0.2) is 20.9 Å². The number of benzene rings is 1. The topological polar surface area (TPSA) is 41.9 Å². The molecule has 1 fully saturated rings. The Morgan fingerprint density at radius 2 is 2.00 bits per heavy atom. The van der Waals surface area contributed by atoms with Crippen LogP contribution < -0.4 is 10.6 Å². The number of thiocarbonyl (C=S) groups is 1. The van der Waals surface area contributed by atoms with E-state index < -0.39 is 0 Å². The van der Waals surface area contributed by atoms with Crippen molar-refractivity contribution >= 4 is 17.3 Å². The molecule has 116 valence electrons. The molecule has 0 unspecified atom stereocenters. The second-order valence-corrected chi connectivity index (χ2v) is 6.15. The average Bonchev–Trinajstić information content (AvgIpc) is 3.08. The first-order valence-electron chi connectivity index (χ1n) is 7.95. The van der Waals surface area contributed by atoms with E-state index in [-0.39, 0.29) is 0 Å². The van der Waals surface area contributed by atoms with Crippen LogP contribution in [0.5, 0.6) is 0 Å². The van der Waals surface area contributed by atoms with Gasteiger partial charge in [-0.15, -0.1) is 0 Å². The molecule has 1 aromatic carbocycles. The van der Waals surface area contributed by atoms with Crippen molar-refractivity contribution in [2.45, 2.75) is 44.7 Å². The van der Waals surface area contributed by atoms with E-state index in [1.165, 1.54) is 37.7 Å². The minimum atomic E-state index is 0.537. The van der Waals surface area contributed by atoms with E-state index in [9.17, 15) is 0 Å². The first kappa shape index (κ1) is 15.0. The maximum atomic E-state index is 5.43. The van der Waals surface area contributed by atoms with Crippen molar-refractivity contribution in [1.82, 2.24) is 20.4 Å². The summed E-state index contributed by atoms with van der Waals surface area (Å²) in [4.78, 5) is 0. The van der Waals surface area contributed by atoms with E-state index >= 15 is 0 Å². The van der Waals surface area contributed by atoms with Gasteiger partial charge in [-0.3, -0.25) is 0 Å². The fourth-order valence-corrected chi connectivity index (χ4v) is 3.19. The molecule has 0 atom stereocenters. The Morgan fingerprint density at radius 3 is 2.77 bits per heavy atom. The van der Waals surface area contributed by atoms with Gasteiger partial charge in [0.05, 0.1) is 5.69 Å². The highest BCUT2D eigenvalue weighted by Crippen LogP contribution is 2.17.